The SMILES string of the molecule is CCCN(O)c1ccc(O)cc1[N+](=O)[O-]. The van der Waals surface area contributed by atoms with Gasteiger partial charge in [-0.3, -0.25) is 20.4 Å². The molecule has 82 valence electrons. The molecule has 0 spiro atoms. The predicted molar refractivity (Wildman–Crippen MR) is 54.2 cm³/mol. The van der Waals surface area contributed by atoms with Crippen LogP contribution in [0.4, 0.5) is 11.4 Å². The van der Waals surface area contributed by atoms with Crippen LogP contribution >= 0.6 is 0 Å². The summed E-state index contributed by atoms with van der Waals surface area (Å²) in [5.41, 5.74) is -0.231. The largest absolute Gasteiger partial charge is 0.508 e. The molecule has 0 saturated heterocycles. The number of hydrogen-bond donors (Lipinski definition) is 2. The number of hydrogen-bond acceptors (Lipinski definition) is 5. The third-order valence-corrected chi connectivity index (χ3v) is 1.87. The minimum Gasteiger partial charge on any atom is -0.508 e. The van der Waals surface area contributed by atoms with Gasteiger partial charge in [-0.05, 0) is 18.6 Å². The van der Waals surface area contributed by atoms with Gasteiger partial charge in [0, 0.05) is 6.54 Å². The van der Waals surface area contributed by atoms with Gasteiger partial charge in [0.2, 0.25) is 0 Å². The second-order valence-electron chi connectivity index (χ2n) is 3.05. The number of rotatable bonds is 4. The number of benzene rings is 1. The minimum absolute atomic E-state index is 0.0830. The maximum atomic E-state index is 10.6. The molecule has 1 aromatic carbocycles. The van der Waals surface area contributed by atoms with Crippen molar-refractivity contribution in [2.45, 2.75) is 13.3 Å². The minimum atomic E-state index is -0.645. The van der Waals surface area contributed by atoms with Gasteiger partial charge in [0.25, 0.3) is 5.69 Å². The second-order valence-corrected chi connectivity index (χ2v) is 3.05. The van der Waals surface area contributed by atoms with Crippen molar-refractivity contribution in [1.29, 1.82) is 0 Å². The van der Waals surface area contributed by atoms with Crippen molar-refractivity contribution < 1.29 is 15.2 Å². The Labute approximate surface area is 86.5 Å². The topological polar surface area (TPSA) is 86.8 Å². The van der Waals surface area contributed by atoms with Crippen molar-refractivity contribution in [3.8, 4) is 5.75 Å². The summed E-state index contributed by atoms with van der Waals surface area (Å²) in [6.45, 7) is 2.14. The number of hydroxylamine groups is 1. The van der Waals surface area contributed by atoms with Crippen LogP contribution in [0.2, 0.25) is 0 Å². The first-order valence-electron chi connectivity index (χ1n) is 4.50. The number of nitro groups is 1. The maximum Gasteiger partial charge on any atom is 0.298 e. The van der Waals surface area contributed by atoms with Crippen molar-refractivity contribution >= 4 is 11.4 Å². The number of phenols is 1. The zero-order chi connectivity index (χ0) is 11.4. The number of phenolic OH excluding ortho intramolecular Hbond substituents is 1. The average Bonchev–Trinajstić information content (AvgIpc) is 2.17. The van der Waals surface area contributed by atoms with E-state index in [2.05, 4.69) is 0 Å². The highest BCUT2D eigenvalue weighted by molar-refractivity contribution is 5.63. The first kappa shape index (κ1) is 11.3. The van der Waals surface area contributed by atoms with E-state index in [1.807, 2.05) is 6.92 Å². The van der Waals surface area contributed by atoms with Crippen molar-refractivity contribution in [2.24, 2.45) is 0 Å². The van der Waals surface area contributed by atoms with Crippen LogP contribution in [-0.2, 0) is 0 Å². The normalized spacial score (nSPS) is 10.0. The van der Waals surface area contributed by atoms with Gasteiger partial charge < -0.3 is 5.11 Å². The van der Waals surface area contributed by atoms with E-state index in [4.69, 9.17) is 5.11 Å². The summed E-state index contributed by atoms with van der Waals surface area (Å²) >= 11 is 0. The quantitative estimate of drug-likeness (QED) is 0.588. The first-order valence-corrected chi connectivity index (χ1v) is 4.50. The van der Waals surface area contributed by atoms with E-state index in [-0.39, 0.29) is 17.1 Å². The van der Waals surface area contributed by atoms with Gasteiger partial charge >= 0.3 is 0 Å². The number of nitrogens with zero attached hydrogens (tertiary/aromatic N) is 2. The Morgan fingerprint density at radius 2 is 2.20 bits per heavy atom. The lowest BCUT2D eigenvalue weighted by Crippen LogP contribution is -2.19. The standard InChI is InChI=1S/C9H12N2O4/c1-2-5-10(13)8-4-3-7(12)6-9(8)11(14)15/h3-4,6,12-13H,2,5H2,1H3. The van der Waals surface area contributed by atoms with Crippen LogP contribution in [0.3, 0.4) is 0 Å². The number of anilines is 1. The summed E-state index contributed by atoms with van der Waals surface area (Å²) in [6.07, 6.45) is 0.661. The third-order valence-electron chi connectivity index (χ3n) is 1.87. The summed E-state index contributed by atoms with van der Waals surface area (Å²) in [6, 6.07) is 3.61. The van der Waals surface area contributed by atoms with Crippen LogP contribution in [0.5, 0.6) is 5.75 Å². The molecule has 0 bridgehead atoms. The molecule has 6 heteroatoms. The van der Waals surface area contributed by atoms with Crippen LogP contribution in [-0.4, -0.2) is 21.8 Å². The predicted octanol–water partition coefficient (Wildman–Crippen LogP) is 1.91. The molecule has 1 rings (SSSR count). The van der Waals surface area contributed by atoms with E-state index in [9.17, 15) is 15.3 Å². The van der Waals surface area contributed by atoms with Crippen molar-refractivity contribution in [1.82, 2.24) is 0 Å². The molecule has 0 amide bonds. The monoisotopic (exact) mass is 212 g/mol. The number of nitro benzene ring substituents is 1. The van der Waals surface area contributed by atoms with Gasteiger partial charge in [-0.2, -0.15) is 0 Å². The van der Waals surface area contributed by atoms with Gasteiger partial charge in [-0.15, -0.1) is 0 Å². The molecular weight excluding hydrogens is 200 g/mol. The summed E-state index contributed by atoms with van der Waals surface area (Å²) in [4.78, 5) is 9.99. The second kappa shape index (κ2) is 4.61. The smallest absolute Gasteiger partial charge is 0.298 e. The highest BCUT2D eigenvalue weighted by Gasteiger charge is 2.18. The van der Waals surface area contributed by atoms with Crippen molar-refractivity contribution in [3.05, 3.63) is 28.3 Å². The van der Waals surface area contributed by atoms with Gasteiger partial charge in [0.05, 0.1) is 11.0 Å². The lowest BCUT2D eigenvalue weighted by atomic mass is 10.2. The Balaban J connectivity index is 3.10. The van der Waals surface area contributed by atoms with Crippen LogP contribution in [0.15, 0.2) is 18.2 Å². The number of aromatic hydroxyl groups is 1. The Morgan fingerprint density at radius 3 is 2.73 bits per heavy atom. The van der Waals surface area contributed by atoms with Gasteiger partial charge in [-0.1, -0.05) is 6.92 Å². The zero-order valence-electron chi connectivity index (χ0n) is 8.25. The lowest BCUT2D eigenvalue weighted by molar-refractivity contribution is -0.384. The summed E-state index contributed by atoms with van der Waals surface area (Å²) < 4.78 is 0. The molecule has 0 unspecified atom stereocenters. The Kier molecular flexibility index (Phi) is 3.46. The molecule has 0 heterocycles. The summed E-state index contributed by atoms with van der Waals surface area (Å²) in [5.74, 6) is -0.199. The molecular formula is C9H12N2O4. The van der Waals surface area contributed by atoms with E-state index < -0.39 is 4.92 Å². The first-order chi connectivity index (χ1) is 7.06. The average molecular weight is 212 g/mol. The molecule has 0 fully saturated rings. The van der Waals surface area contributed by atoms with Crippen LogP contribution in [0, 0.1) is 10.1 Å². The Hall–Kier alpha value is -1.82. The lowest BCUT2D eigenvalue weighted by Gasteiger charge is -2.15. The fourth-order valence-corrected chi connectivity index (χ4v) is 1.21. The molecule has 6 nitrogen and oxygen atoms in total. The summed E-state index contributed by atoms with van der Waals surface area (Å²) in [5, 5.41) is 30.0. The van der Waals surface area contributed by atoms with E-state index in [0.29, 0.717) is 13.0 Å². The molecule has 0 aliphatic rings. The molecule has 0 radical (unpaired) electrons. The maximum absolute atomic E-state index is 10.6. The van der Waals surface area contributed by atoms with Crippen LogP contribution in [0.25, 0.3) is 0 Å². The molecule has 0 aromatic heterocycles. The highest BCUT2D eigenvalue weighted by atomic mass is 16.6. The van der Waals surface area contributed by atoms with E-state index in [1.165, 1.54) is 12.1 Å². The van der Waals surface area contributed by atoms with Gasteiger partial charge in [-0.25, -0.2) is 0 Å². The third kappa shape index (κ3) is 2.57. The molecule has 0 aliphatic carbocycles. The summed E-state index contributed by atoms with van der Waals surface area (Å²) in [7, 11) is 0. The zero-order valence-corrected chi connectivity index (χ0v) is 8.25. The molecule has 0 aliphatic heterocycles. The molecule has 15 heavy (non-hydrogen) atoms. The van der Waals surface area contributed by atoms with Crippen molar-refractivity contribution in [3.63, 3.8) is 0 Å². The van der Waals surface area contributed by atoms with E-state index >= 15 is 0 Å². The molecule has 2 N–H and O–H groups in total. The Morgan fingerprint density at radius 1 is 1.53 bits per heavy atom. The van der Waals surface area contributed by atoms with Gasteiger partial charge in [0.1, 0.15) is 11.4 Å². The molecule has 1 aromatic rings. The molecule has 0 atom stereocenters. The Bertz CT molecular complexity index is 367. The van der Waals surface area contributed by atoms with Crippen LogP contribution in [0.1, 0.15) is 13.3 Å². The molecule has 0 saturated carbocycles. The van der Waals surface area contributed by atoms with E-state index in [0.717, 1.165) is 11.1 Å². The highest BCUT2D eigenvalue weighted by Crippen LogP contribution is 2.30. The van der Waals surface area contributed by atoms with Gasteiger partial charge in [0.15, 0.2) is 0 Å². The van der Waals surface area contributed by atoms with Crippen molar-refractivity contribution in [2.75, 3.05) is 11.6 Å². The van der Waals surface area contributed by atoms with E-state index in [1.54, 1.807) is 0 Å². The fraction of sp³-hybridized carbons (Fsp3) is 0.333. The fourth-order valence-electron chi connectivity index (χ4n) is 1.21. The van der Waals surface area contributed by atoms with Crippen LogP contribution < -0.4 is 5.06 Å².